The van der Waals surface area contributed by atoms with Crippen LogP contribution in [0.2, 0.25) is 0 Å². The molecule has 41 heavy (non-hydrogen) atoms. The summed E-state index contributed by atoms with van der Waals surface area (Å²) in [6, 6.07) is 5.70. The van der Waals surface area contributed by atoms with Crippen LogP contribution < -0.4 is 4.74 Å². The van der Waals surface area contributed by atoms with Crippen molar-refractivity contribution in [1.29, 1.82) is 0 Å². The van der Waals surface area contributed by atoms with Gasteiger partial charge in [-0.15, -0.1) is 11.3 Å². The first-order valence-electron chi connectivity index (χ1n) is 13.3. The number of aryl methyl sites for hydroxylation is 1. The largest absolute Gasteiger partial charge is 0.478 e. The van der Waals surface area contributed by atoms with Crippen LogP contribution in [0.25, 0.3) is 11.0 Å². The molecule has 0 bridgehead atoms. The average Bonchev–Trinajstić information content (AvgIpc) is 3.47. The summed E-state index contributed by atoms with van der Waals surface area (Å²) >= 11 is 1.32. The maximum Gasteiger partial charge on any atom is 0.421 e. The molecule has 0 unspecified atom stereocenters. The van der Waals surface area contributed by atoms with Crippen LogP contribution in [0.1, 0.15) is 63.1 Å². The number of carboxylic acid groups (broad SMARTS) is 1. The van der Waals surface area contributed by atoms with Gasteiger partial charge in [-0.1, -0.05) is 0 Å². The van der Waals surface area contributed by atoms with Crippen LogP contribution in [-0.2, 0) is 37.0 Å². The minimum absolute atomic E-state index is 0.0166. The summed E-state index contributed by atoms with van der Waals surface area (Å²) < 4.78 is 55.2. The topological polar surface area (TPSA) is 103 Å². The summed E-state index contributed by atoms with van der Waals surface area (Å²) in [4.78, 5) is 27.2. The van der Waals surface area contributed by atoms with Crippen LogP contribution in [0.5, 0.6) is 5.88 Å². The molecule has 0 radical (unpaired) electrons. The van der Waals surface area contributed by atoms with Crippen molar-refractivity contribution in [1.82, 2.24) is 24.4 Å². The Kier molecular flexibility index (Phi) is 7.20. The van der Waals surface area contributed by atoms with E-state index in [9.17, 15) is 23.1 Å². The quantitative estimate of drug-likeness (QED) is 0.292. The second-order valence-electron chi connectivity index (χ2n) is 10.4. The van der Waals surface area contributed by atoms with E-state index in [2.05, 4.69) is 14.9 Å². The van der Waals surface area contributed by atoms with Gasteiger partial charge in [0.25, 0.3) is 0 Å². The second kappa shape index (κ2) is 10.7. The minimum atomic E-state index is -4.61. The number of thiazole rings is 1. The van der Waals surface area contributed by atoms with E-state index >= 15 is 0 Å². The van der Waals surface area contributed by atoms with Crippen molar-refractivity contribution < 1.29 is 32.5 Å². The summed E-state index contributed by atoms with van der Waals surface area (Å²) in [7, 11) is 0. The third-order valence-electron chi connectivity index (χ3n) is 7.61. The number of ether oxygens (including phenoxy) is 2. The fourth-order valence-electron chi connectivity index (χ4n) is 5.32. The van der Waals surface area contributed by atoms with Crippen molar-refractivity contribution in [2.24, 2.45) is 0 Å². The molecule has 9 nitrogen and oxygen atoms in total. The highest BCUT2D eigenvalue weighted by molar-refractivity contribution is 7.09. The molecule has 1 aromatic carbocycles. The number of halogens is 3. The van der Waals surface area contributed by atoms with Gasteiger partial charge in [-0.3, -0.25) is 4.90 Å². The van der Waals surface area contributed by atoms with E-state index in [1.165, 1.54) is 17.4 Å². The first-order valence-corrected chi connectivity index (χ1v) is 14.2. The van der Waals surface area contributed by atoms with Gasteiger partial charge in [0.15, 0.2) is 0 Å². The molecule has 1 saturated heterocycles. The van der Waals surface area contributed by atoms with Crippen molar-refractivity contribution >= 4 is 28.3 Å². The third-order valence-corrected chi connectivity index (χ3v) is 8.55. The van der Waals surface area contributed by atoms with Crippen LogP contribution in [-0.4, -0.2) is 54.8 Å². The van der Waals surface area contributed by atoms with Crippen molar-refractivity contribution in [2.75, 3.05) is 13.2 Å². The normalized spacial score (nSPS) is 19.2. The Bertz CT molecular complexity index is 1610. The van der Waals surface area contributed by atoms with Gasteiger partial charge in [-0.05, 0) is 56.5 Å². The molecule has 0 spiro atoms. The molecule has 6 rings (SSSR count). The zero-order chi connectivity index (χ0) is 28.9. The first kappa shape index (κ1) is 27.6. The molecular formula is C28H28F3N5O4S. The molecule has 0 aliphatic carbocycles. The Labute approximate surface area is 237 Å². The van der Waals surface area contributed by atoms with Gasteiger partial charge in [0.2, 0.25) is 5.88 Å². The lowest BCUT2D eigenvalue weighted by atomic mass is 9.97. The highest BCUT2D eigenvalue weighted by Gasteiger charge is 2.38. The Morgan fingerprint density at radius 3 is 2.71 bits per heavy atom. The summed E-state index contributed by atoms with van der Waals surface area (Å²) in [5.41, 5.74) is 2.53. The Hall–Kier alpha value is -3.55. The number of alkyl halides is 3. The van der Waals surface area contributed by atoms with Crippen molar-refractivity contribution in [3.05, 3.63) is 68.6 Å². The average molecular weight is 588 g/mol. The van der Waals surface area contributed by atoms with Crippen LogP contribution in [0, 0.1) is 6.92 Å². The fourth-order valence-corrected chi connectivity index (χ4v) is 6.00. The van der Waals surface area contributed by atoms with Gasteiger partial charge in [-0.25, -0.2) is 19.7 Å². The highest BCUT2D eigenvalue weighted by Crippen LogP contribution is 2.40. The predicted molar refractivity (Wildman–Crippen MR) is 144 cm³/mol. The van der Waals surface area contributed by atoms with Crippen LogP contribution in [0.3, 0.4) is 0 Å². The molecule has 5 heterocycles. The molecule has 13 heteroatoms. The van der Waals surface area contributed by atoms with Crippen molar-refractivity contribution in [3.63, 3.8) is 0 Å². The summed E-state index contributed by atoms with van der Waals surface area (Å²) in [6.07, 6.45) is -3.31. The van der Waals surface area contributed by atoms with Crippen molar-refractivity contribution in [3.8, 4) is 5.88 Å². The van der Waals surface area contributed by atoms with Gasteiger partial charge < -0.3 is 19.1 Å². The molecule has 1 fully saturated rings. The number of imidazole rings is 1. The predicted octanol–water partition coefficient (Wildman–Crippen LogP) is 5.40. The van der Waals surface area contributed by atoms with E-state index in [-0.39, 0.29) is 24.3 Å². The Morgan fingerprint density at radius 2 is 2.05 bits per heavy atom. The molecule has 3 aromatic heterocycles. The van der Waals surface area contributed by atoms with E-state index in [0.29, 0.717) is 60.0 Å². The number of hydrogen-bond donors (Lipinski definition) is 1. The number of nitrogens with zero attached hydrogens (tertiary/aromatic N) is 5. The molecule has 1 N–H and O–H groups in total. The van der Waals surface area contributed by atoms with E-state index in [4.69, 9.17) is 14.5 Å². The number of aromatic carboxylic acids is 1. The number of pyridine rings is 1. The lowest BCUT2D eigenvalue weighted by Gasteiger charge is -2.35. The maximum absolute atomic E-state index is 14.0. The first-order chi connectivity index (χ1) is 19.6. The SMILES string of the molecule is Cc1csc(COc2nc3c(cc2C(F)(F)F)CCN(Cc2nc4ccc(C(=O)O)cc4n2C[C@@H]2CCO2)[C@H]3C)n1. The van der Waals surface area contributed by atoms with Gasteiger partial charge in [0.1, 0.15) is 23.0 Å². The molecule has 0 saturated carbocycles. The lowest BCUT2D eigenvalue weighted by Crippen LogP contribution is -2.36. The number of fused-ring (bicyclic) bond motifs is 2. The molecular weight excluding hydrogens is 559 g/mol. The maximum atomic E-state index is 14.0. The van der Waals surface area contributed by atoms with Gasteiger partial charge in [0, 0.05) is 24.2 Å². The fraction of sp³-hybridized carbons (Fsp3) is 0.429. The smallest absolute Gasteiger partial charge is 0.421 e. The number of carbonyl (C=O) groups is 1. The molecule has 216 valence electrons. The van der Waals surface area contributed by atoms with Gasteiger partial charge in [0.05, 0.1) is 47.5 Å². The molecule has 0 amide bonds. The second-order valence-corrected chi connectivity index (χ2v) is 11.3. The monoisotopic (exact) mass is 587 g/mol. The van der Waals surface area contributed by atoms with Gasteiger partial charge >= 0.3 is 12.1 Å². The number of carboxylic acids is 1. The Balaban J connectivity index is 1.31. The van der Waals surface area contributed by atoms with Crippen LogP contribution >= 0.6 is 11.3 Å². The third kappa shape index (κ3) is 5.53. The van der Waals surface area contributed by atoms with Gasteiger partial charge in [-0.2, -0.15) is 13.2 Å². The number of rotatable bonds is 8. The van der Waals surface area contributed by atoms with E-state index in [1.807, 2.05) is 23.8 Å². The number of benzene rings is 1. The zero-order valence-corrected chi connectivity index (χ0v) is 23.3. The summed E-state index contributed by atoms with van der Waals surface area (Å²) in [6.45, 7) is 5.76. The number of aromatic nitrogens is 4. The van der Waals surface area contributed by atoms with Crippen LogP contribution in [0.4, 0.5) is 13.2 Å². The number of hydrogen-bond acceptors (Lipinski definition) is 8. The van der Waals surface area contributed by atoms with E-state index in [1.54, 1.807) is 12.1 Å². The standard InChI is InChI=1S/C28H28F3N5O4S/c1-15-14-41-24(32-15)13-40-26-20(28(29,30)31)9-17-5-7-35(16(2)25(17)34-26)12-23-33-21-4-3-18(27(37)38)10-22(21)36(23)11-19-6-8-39-19/h3-4,9-10,14,16,19H,5-8,11-13H2,1-2H3,(H,37,38)/t16-,19-/m0/s1. The van der Waals surface area contributed by atoms with E-state index in [0.717, 1.165) is 24.0 Å². The Morgan fingerprint density at radius 1 is 1.24 bits per heavy atom. The van der Waals surface area contributed by atoms with Crippen molar-refractivity contribution in [2.45, 2.75) is 64.7 Å². The van der Waals surface area contributed by atoms with E-state index < -0.39 is 23.6 Å². The molecule has 2 aliphatic heterocycles. The van der Waals surface area contributed by atoms with Crippen LogP contribution in [0.15, 0.2) is 29.6 Å². The molecule has 2 aliphatic rings. The zero-order valence-electron chi connectivity index (χ0n) is 22.4. The highest BCUT2D eigenvalue weighted by atomic mass is 32.1. The molecule has 2 atom stereocenters. The summed E-state index contributed by atoms with van der Waals surface area (Å²) in [5.74, 6) is -0.737. The minimum Gasteiger partial charge on any atom is -0.478 e. The lowest BCUT2D eigenvalue weighted by molar-refractivity contribution is -0.139. The summed E-state index contributed by atoms with van der Waals surface area (Å²) in [5, 5.41) is 11.9. The molecule has 4 aromatic rings.